The van der Waals surface area contributed by atoms with Gasteiger partial charge in [0.15, 0.2) is 5.15 Å². The molecule has 0 radical (unpaired) electrons. The third-order valence-electron chi connectivity index (χ3n) is 4.12. The molecular weight excluding hydrogens is 302 g/mol. The maximum Gasteiger partial charge on any atom is 0.151 e. The molecule has 0 amide bonds. The van der Waals surface area contributed by atoms with Crippen molar-refractivity contribution in [2.75, 3.05) is 0 Å². The number of thiophene rings is 1. The molecule has 2 aromatic rings. The van der Waals surface area contributed by atoms with E-state index in [9.17, 15) is 0 Å². The van der Waals surface area contributed by atoms with Gasteiger partial charge in [0.1, 0.15) is 5.82 Å². The van der Waals surface area contributed by atoms with Gasteiger partial charge in [0.25, 0.3) is 0 Å². The Hall–Kier alpha value is -0.840. The summed E-state index contributed by atoms with van der Waals surface area (Å²) in [4.78, 5) is 9.33. The second-order valence-corrected chi connectivity index (χ2v) is 7.04. The molecular formula is C16H22ClN3S. The third-order valence-corrected chi connectivity index (χ3v) is 5.43. The minimum atomic E-state index is 0.457. The van der Waals surface area contributed by atoms with Crippen LogP contribution >= 0.6 is 22.9 Å². The van der Waals surface area contributed by atoms with Crippen molar-refractivity contribution in [1.29, 1.82) is 0 Å². The minimum absolute atomic E-state index is 0.457. The lowest BCUT2D eigenvalue weighted by Gasteiger charge is -2.23. The smallest absolute Gasteiger partial charge is 0.151 e. The number of H-pyrrole nitrogens is 1. The van der Waals surface area contributed by atoms with Crippen LogP contribution in [0.15, 0.2) is 11.4 Å². The van der Waals surface area contributed by atoms with Gasteiger partial charge in [-0.15, -0.1) is 11.3 Å². The Kier molecular flexibility index (Phi) is 4.99. The molecule has 3 rings (SSSR count). The molecule has 0 spiro atoms. The number of imidazole rings is 1. The third kappa shape index (κ3) is 3.50. The molecule has 0 aromatic carbocycles. The van der Waals surface area contributed by atoms with Crippen LogP contribution in [0.5, 0.6) is 0 Å². The van der Waals surface area contributed by atoms with Crippen molar-refractivity contribution in [2.45, 2.75) is 58.0 Å². The van der Waals surface area contributed by atoms with Gasteiger partial charge < -0.3 is 10.3 Å². The highest BCUT2D eigenvalue weighted by atomic mass is 35.5. The number of nitrogens with zero attached hydrogens (tertiary/aromatic N) is 1. The Morgan fingerprint density at radius 1 is 1.52 bits per heavy atom. The zero-order valence-corrected chi connectivity index (χ0v) is 14.0. The average molecular weight is 324 g/mol. The van der Waals surface area contributed by atoms with E-state index in [1.807, 2.05) is 11.3 Å². The molecule has 2 N–H and O–H groups in total. The van der Waals surface area contributed by atoms with Crippen molar-refractivity contribution in [3.63, 3.8) is 0 Å². The number of aromatic nitrogens is 2. The zero-order valence-electron chi connectivity index (χ0n) is 12.4. The number of nitrogens with one attached hydrogen (secondary N) is 2. The molecule has 0 saturated carbocycles. The van der Waals surface area contributed by atoms with Crippen molar-refractivity contribution in [3.8, 4) is 0 Å². The van der Waals surface area contributed by atoms with Crippen LogP contribution < -0.4 is 5.32 Å². The van der Waals surface area contributed by atoms with E-state index in [2.05, 4.69) is 33.7 Å². The molecule has 0 saturated heterocycles. The summed E-state index contributed by atoms with van der Waals surface area (Å²) in [6.07, 6.45) is 7.01. The maximum absolute atomic E-state index is 6.24. The van der Waals surface area contributed by atoms with Gasteiger partial charge in [-0.2, -0.15) is 0 Å². The first-order valence-electron chi connectivity index (χ1n) is 7.80. The van der Waals surface area contributed by atoms with Crippen LogP contribution in [0.2, 0.25) is 5.15 Å². The molecule has 114 valence electrons. The first-order valence-corrected chi connectivity index (χ1v) is 9.06. The van der Waals surface area contributed by atoms with Gasteiger partial charge in [-0.25, -0.2) is 4.98 Å². The Balaban J connectivity index is 1.62. The van der Waals surface area contributed by atoms with E-state index in [-0.39, 0.29) is 0 Å². The first-order chi connectivity index (χ1) is 10.3. The number of aromatic amines is 1. The fourth-order valence-corrected chi connectivity index (χ4v) is 4.15. The van der Waals surface area contributed by atoms with Crippen LogP contribution in [0.1, 0.15) is 60.6 Å². The van der Waals surface area contributed by atoms with Crippen LogP contribution in [0.3, 0.4) is 0 Å². The number of hydrogen-bond donors (Lipinski definition) is 2. The summed E-state index contributed by atoms with van der Waals surface area (Å²) >= 11 is 8.12. The molecule has 3 nitrogen and oxygen atoms in total. The van der Waals surface area contributed by atoms with Crippen molar-refractivity contribution >= 4 is 22.9 Å². The van der Waals surface area contributed by atoms with E-state index < -0.39 is 0 Å². The van der Waals surface area contributed by atoms with Gasteiger partial charge >= 0.3 is 0 Å². The van der Waals surface area contributed by atoms with Crippen molar-refractivity contribution in [3.05, 3.63) is 38.6 Å². The summed E-state index contributed by atoms with van der Waals surface area (Å²) in [6.45, 7) is 2.95. The Morgan fingerprint density at radius 3 is 3.29 bits per heavy atom. The van der Waals surface area contributed by atoms with E-state index >= 15 is 0 Å². The molecule has 1 atom stereocenters. The molecule has 21 heavy (non-hydrogen) atoms. The molecule has 2 heterocycles. The lowest BCUT2D eigenvalue weighted by Crippen LogP contribution is -2.24. The lowest BCUT2D eigenvalue weighted by atomic mass is 9.94. The predicted molar refractivity (Wildman–Crippen MR) is 89.0 cm³/mol. The predicted octanol–water partition coefficient (Wildman–Crippen LogP) is 4.63. The van der Waals surface area contributed by atoms with Crippen LogP contribution in [0.25, 0.3) is 0 Å². The van der Waals surface area contributed by atoms with E-state index in [1.54, 1.807) is 0 Å². The molecule has 0 fully saturated rings. The molecule has 0 bridgehead atoms. The van der Waals surface area contributed by atoms with Crippen molar-refractivity contribution in [2.24, 2.45) is 0 Å². The van der Waals surface area contributed by atoms with E-state index in [1.165, 1.54) is 36.1 Å². The quantitative estimate of drug-likeness (QED) is 0.813. The summed E-state index contributed by atoms with van der Waals surface area (Å²) < 4.78 is 0. The van der Waals surface area contributed by atoms with E-state index in [4.69, 9.17) is 11.6 Å². The highest BCUT2D eigenvalue weighted by molar-refractivity contribution is 7.10. The summed E-state index contributed by atoms with van der Waals surface area (Å²) in [5.41, 5.74) is 2.50. The fourth-order valence-electron chi connectivity index (χ4n) is 2.94. The monoisotopic (exact) mass is 323 g/mol. The minimum Gasteiger partial charge on any atom is -0.344 e. The lowest BCUT2D eigenvalue weighted by molar-refractivity contribution is 0.460. The van der Waals surface area contributed by atoms with Crippen LogP contribution in [-0.2, 0) is 19.4 Å². The maximum atomic E-state index is 6.24. The SMILES string of the molecule is CCCCc1nc(Cl)c(CNC2CCCc3sccc32)[nH]1. The molecule has 5 heteroatoms. The summed E-state index contributed by atoms with van der Waals surface area (Å²) in [5.74, 6) is 1.01. The molecule has 1 aliphatic carbocycles. The Morgan fingerprint density at radius 2 is 2.43 bits per heavy atom. The van der Waals surface area contributed by atoms with E-state index in [0.717, 1.165) is 30.9 Å². The van der Waals surface area contributed by atoms with Crippen LogP contribution in [0.4, 0.5) is 0 Å². The topological polar surface area (TPSA) is 40.7 Å². The summed E-state index contributed by atoms with van der Waals surface area (Å²) in [5, 5.41) is 6.47. The molecule has 1 unspecified atom stereocenters. The number of rotatable bonds is 6. The van der Waals surface area contributed by atoms with Gasteiger partial charge in [0, 0.05) is 23.9 Å². The number of hydrogen-bond acceptors (Lipinski definition) is 3. The van der Waals surface area contributed by atoms with Crippen LogP contribution in [0, 0.1) is 0 Å². The normalized spacial score (nSPS) is 17.9. The number of aryl methyl sites for hydroxylation is 2. The van der Waals surface area contributed by atoms with Gasteiger partial charge in [-0.05, 0) is 42.7 Å². The number of unbranched alkanes of at least 4 members (excludes halogenated alkanes) is 1. The van der Waals surface area contributed by atoms with Gasteiger partial charge in [-0.3, -0.25) is 0 Å². The van der Waals surface area contributed by atoms with E-state index in [0.29, 0.717) is 11.2 Å². The van der Waals surface area contributed by atoms with Gasteiger partial charge in [0.05, 0.1) is 5.69 Å². The second-order valence-electron chi connectivity index (χ2n) is 5.68. The highest BCUT2D eigenvalue weighted by Crippen LogP contribution is 2.33. The summed E-state index contributed by atoms with van der Waals surface area (Å²) in [7, 11) is 0. The zero-order chi connectivity index (χ0) is 14.7. The average Bonchev–Trinajstić information content (AvgIpc) is 3.09. The Labute approximate surface area is 135 Å². The molecule has 1 aliphatic rings. The van der Waals surface area contributed by atoms with Gasteiger partial charge in [0.2, 0.25) is 0 Å². The van der Waals surface area contributed by atoms with Crippen molar-refractivity contribution < 1.29 is 0 Å². The molecule has 2 aromatic heterocycles. The van der Waals surface area contributed by atoms with Crippen LogP contribution in [-0.4, -0.2) is 9.97 Å². The first kappa shape index (κ1) is 15.1. The number of fused-ring (bicyclic) bond motifs is 1. The fraction of sp³-hybridized carbons (Fsp3) is 0.562. The second kappa shape index (κ2) is 6.95. The van der Waals surface area contributed by atoms with Crippen molar-refractivity contribution in [1.82, 2.24) is 15.3 Å². The highest BCUT2D eigenvalue weighted by Gasteiger charge is 2.21. The summed E-state index contributed by atoms with van der Waals surface area (Å²) in [6, 6.07) is 2.72. The Bertz CT molecular complexity index is 590. The standard InChI is InChI=1S/C16H22ClN3S/c1-2-3-7-15-19-13(16(17)20-15)10-18-12-5-4-6-14-11(12)8-9-21-14/h8-9,12,18H,2-7,10H2,1H3,(H,19,20). The largest absolute Gasteiger partial charge is 0.344 e. The van der Waals surface area contributed by atoms with Gasteiger partial charge in [-0.1, -0.05) is 24.9 Å². The molecule has 0 aliphatic heterocycles. The number of halogens is 1.